The van der Waals surface area contributed by atoms with Crippen LogP contribution in [0.15, 0.2) is 71.1 Å². The molecule has 2 heterocycles. The van der Waals surface area contributed by atoms with E-state index >= 15 is 0 Å². The van der Waals surface area contributed by atoms with Crippen molar-refractivity contribution < 1.29 is 28.5 Å². The van der Waals surface area contributed by atoms with Crippen LogP contribution >= 0.6 is 0 Å². The van der Waals surface area contributed by atoms with Crippen molar-refractivity contribution in [2.75, 3.05) is 19.8 Å². The van der Waals surface area contributed by atoms with E-state index in [1.165, 1.54) is 0 Å². The number of ether oxygens (including phenoxy) is 3. The Kier molecular flexibility index (Phi) is 7.06. The number of nitrogens with zero attached hydrogens (tertiary/aromatic N) is 2. The molecule has 1 aliphatic rings. The van der Waals surface area contributed by atoms with Gasteiger partial charge in [-0.3, -0.25) is 0 Å². The number of aliphatic carboxylic acids is 1. The maximum atomic E-state index is 11.7. The van der Waals surface area contributed by atoms with E-state index in [4.69, 9.17) is 23.9 Å². The predicted molar refractivity (Wildman–Crippen MR) is 135 cm³/mol. The molecule has 0 bridgehead atoms. The summed E-state index contributed by atoms with van der Waals surface area (Å²) in [7, 11) is 0. The zero-order valence-electron chi connectivity index (χ0n) is 20.2. The molecule has 37 heavy (non-hydrogen) atoms. The highest BCUT2D eigenvalue weighted by atomic mass is 16.5. The maximum absolute atomic E-state index is 11.7. The van der Waals surface area contributed by atoms with Crippen LogP contribution in [0.2, 0.25) is 0 Å². The molecule has 5 rings (SSSR count). The number of hydrogen-bond donors (Lipinski definition) is 1. The Bertz CT molecular complexity index is 1430. The van der Waals surface area contributed by atoms with Crippen LogP contribution in [0.3, 0.4) is 0 Å². The molecule has 188 valence electrons. The Morgan fingerprint density at radius 2 is 1.84 bits per heavy atom. The molecule has 0 aliphatic carbocycles. The van der Waals surface area contributed by atoms with E-state index in [-0.39, 0.29) is 0 Å². The molecule has 1 N–H and O–H groups in total. The SMILES string of the molecule is N#Cc1ccc(-c2nc3cc(OCCCOc4cccc(CC5(C(=O)O)CCCO5)c4)ccc3o2)cc1. The fourth-order valence-electron chi connectivity index (χ4n) is 4.40. The van der Waals surface area contributed by atoms with E-state index in [9.17, 15) is 9.90 Å². The molecular formula is C29H26N2O6. The number of nitriles is 1. The third-order valence-corrected chi connectivity index (χ3v) is 6.33. The van der Waals surface area contributed by atoms with Gasteiger partial charge in [0.1, 0.15) is 17.0 Å². The second kappa shape index (κ2) is 10.7. The van der Waals surface area contributed by atoms with Crippen LogP contribution < -0.4 is 9.47 Å². The third-order valence-electron chi connectivity index (χ3n) is 6.33. The molecule has 4 aromatic rings. The lowest BCUT2D eigenvalue weighted by atomic mass is 9.91. The van der Waals surface area contributed by atoms with Gasteiger partial charge in [0.15, 0.2) is 11.2 Å². The number of benzene rings is 3. The molecule has 1 fully saturated rings. The maximum Gasteiger partial charge on any atom is 0.336 e. The van der Waals surface area contributed by atoms with E-state index in [0.717, 1.165) is 17.5 Å². The summed E-state index contributed by atoms with van der Waals surface area (Å²) >= 11 is 0. The van der Waals surface area contributed by atoms with Crippen molar-refractivity contribution in [1.82, 2.24) is 4.98 Å². The Balaban J connectivity index is 1.12. The average Bonchev–Trinajstić information content (AvgIpc) is 3.56. The van der Waals surface area contributed by atoms with Crippen LogP contribution in [0.4, 0.5) is 0 Å². The molecule has 1 atom stereocenters. The lowest BCUT2D eigenvalue weighted by Gasteiger charge is -2.23. The third kappa shape index (κ3) is 5.57. The first-order valence-electron chi connectivity index (χ1n) is 12.2. The molecule has 1 unspecified atom stereocenters. The number of hydrogen-bond acceptors (Lipinski definition) is 7. The van der Waals surface area contributed by atoms with Crippen molar-refractivity contribution in [1.29, 1.82) is 5.26 Å². The van der Waals surface area contributed by atoms with E-state index in [1.807, 2.05) is 54.6 Å². The van der Waals surface area contributed by atoms with Crippen molar-refractivity contribution in [3.05, 3.63) is 77.9 Å². The molecular weight excluding hydrogens is 472 g/mol. The average molecular weight is 499 g/mol. The van der Waals surface area contributed by atoms with Gasteiger partial charge in [-0.15, -0.1) is 0 Å². The zero-order chi connectivity index (χ0) is 25.7. The smallest absolute Gasteiger partial charge is 0.336 e. The second-order valence-corrected chi connectivity index (χ2v) is 8.96. The molecule has 1 saturated heterocycles. The lowest BCUT2D eigenvalue weighted by Crippen LogP contribution is -2.40. The van der Waals surface area contributed by atoms with Crippen molar-refractivity contribution in [3.8, 4) is 29.0 Å². The number of oxazole rings is 1. The van der Waals surface area contributed by atoms with Crippen LogP contribution in [0.25, 0.3) is 22.6 Å². The van der Waals surface area contributed by atoms with Gasteiger partial charge in [-0.25, -0.2) is 9.78 Å². The van der Waals surface area contributed by atoms with Gasteiger partial charge in [-0.2, -0.15) is 5.26 Å². The van der Waals surface area contributed by atoms with Gasteiger partial charge in [-0.1, -0.05) is 12.1 Å². The van der Waals surface area contributed by atoms with Gasteiger partial charge in [0, 0.05) is 31.1 Å². The molecule has 8 nitrogen and oxygen atoms in total. The van der Waals surface area contributed by atoms with Gasteiger partial charge in [0.05, 0.1) is 24.8 Å². The number of aromatic nitrogens is 1. The largest absolute Gasteiger partial charge is 0.493 e. The molecule has 0 radical (unpaired) electrons. The first-order valence-corrected chi connectivity index (χ1v) is 12.2. The first kappa shape index (κ1) is 24.3. The topological polar surface area (TPSA) is 115 Å². The highest BCUT2D eigenvalue weighted by molar-refractivity contribution is 5.78. The molecule has 3 aromatic carbocycles. The summed E-state index contributed by atoms with van der Waals surface area (Å²) in [5, 5.41) is 18.6. The minimum absolute atomic E-state index is 0.320. The highest BCUT2D eigenvalue weighted by Gasteiger charge is 2.42. The monoisotopic (exact) mass is 498 g/mol. The molecule has 0 spiro atoms. The highest BCUT2D eigenvalue weighted by Crippen LogP contribution is 2.31. The summed E-state index contributed by atoms with van der Waals surface area (Å²) in [5.74, 6) is 0.948. The van der Waals surface area contributed by atoms with E-state index in [0.29, 0.717) is 73.1 Å². The van der Waals surface area contributed by atoms with Crippen molar-refractivity contribution >= 4 is 17.1 Å². The van der Waals surface area contributed by atoms with E-state index in [1.54, 1.807) is 12.1 Å². The number of carbonyl (C=O) groups is 1. The molecule has 1 aliphatic heterocycles. The van der Waals surface area contributed by atoms with Gasteiger partial charge >= 0.3 is 5.97 Å². The minimum Gasteiger partial charge on any atom is -0.493 e. The fraction of sp³-hybridized carbons (Fsp3) is 0.276. The number of carboxylic acids is 1. The van der Waals surface area contributed by atoms with Crippen LogP contribution in [-0.4, -0.2) is 41.5 Å². The number of fused-ring (bicyclic) bond motifs is 1. The summed E-state index contributed by atoms with van der Waals surface area (Å²) in [4.78, 5) is 16.3. The normalized spacial score (nSPS) is 16.9. The van der Waals surface area contributed by atoms with Gasteiger partial charge in [0.25, 0.3) is 0 Å². The van der Waals surface area contributed by atoms with E-state index in [2.05, 4.69) is 11.1 Å². The van der Waals surface area contributed by atoms with Crippen molar-refractivity contribution in [2.24, 2.45) is 0 Å². The van der Waals surface area contributed by atoms with Gasteiger partial charge < -0.3 is 23.7 Å². The summed E-state index contributed by atoms with van der Waals surface area (Å²) in [5.41, 5.74) is 2.46. The summed E-state index contributed by atoms with van der Waals surface area (Å²) < 4.78 is 23.2. The number of rotatable bonds is 10. The quantitative estimate of drug-likeness (QED) is 0.289. The van der Waals surface area contributed by atoms with Crippen LogP contribution in [0.1, 0.15) is 30.4 Å². The predicted octanol–water partition coefficient (Wildman–Crippen LogP) is 5.39. The van der Waals surface area contributed by atoms with Crippen LogP contribution in [-0.2, 0) is 16.0 Å². The van der Waals surface area contributed by atoms with Crippen LogP contribution in [0, 0.1) is 11.3 Å². The Morgan fingerprint density at radius 1 is 1.05 bits per heavy atom. The van der Waals surface area contributed by atoms with E-state index < -0.39 is 11.6 Å². The molecule has 0 amide bonds. The van der Waals surface area contributed by atoms with Crippen molar-refractivity contribution in [3.63, 3.8) is 0 Å². The van der Waals surface area contributed by atoms with Gasteiger partial charge in [0.2, 0.25) is 5.89 Å². The zero-order valence-corrected chi connectivity index (χ0v) is 20.2. The molecule has 1 aromatic heterocycles. The Hall–Kier alpha value is -4.35. The molecule has 8 heteroatoms. The lowest BCUT2D eigenvalue weighted by molar-refractivity contribution is -0.159. The summed E-state index contributed by atoms with van der Waals surface area (Å²) in [6, 6.07) is 22.2. The van der Waals surface area contributed by atoms with Crippen LogP contribution in [0.5, 0.6) is 11.5 Å². The number of carboxylic acid groups (broad SMARTS) is 1. The van der Waals surface area contributed by atoms with Crippen molar-refractivity contribution in [2.45, 2.75) is 31.3 Å². The minimum atomic E-state index is -1.14. The standard InChI is InChI=1S/C29H26N2O6/c30-19-20-6-8-22(9-7-20)27-31-25-17-24(10-11-26(25)37-27)35-14-3-13-34-23-5-1-4-21(16-23)18-29(28(32)33)12-2-15-36-29/h1,4-11,16-17H,2-3,12-15,18H2,(H,32,33). The molecule has 0 saturated carbocycles. The fourth-order valence-corrected chi connectivity index (χ4v) is 4.40. The summed E-state index contributed by atoms with van der Waals surface area (Å²) in [6.45, 7) is 1.39. The van der Waals surface area contributed by atoms with Gasteiger partial charge in [-0.05, 0) is 66.9 Å². The second-order valence-electron chi connectivity index (χ2n) is 8.96. The summed E-state index contributed by atoms with van der Waals surface area (Å²) in [6.07, 6.45) is 2.26. The first-order chi connectivity index (χ1) is 18.0. The Morgan fingerprint density at radius 3 is 2.54 bits per heavy atom. The Labute approximate surface area is 214 Å².